The Hall–Kier alpha value is -0.280. The Bertz CT molecular complexity index is 136. The summed E-state index contributed by atoms with van der Waals surface area (Å²) in [7, 11) is 4.06. The first-order chi connectivity index (χ1) is 4.10. The molecule has 0 amide bonds. The van der Waals surface area contributed by atoms with Gasteiger partial charge in [0.25, 0.3) is 0 Å². The zero-order valence-electron chi connectivity index (χ0n) is 6.26. The van der Waals surface area contributed by atoms with Gasteiger partial charge in [0.15, 0.2) is 6.54 Å². The van der Waals surface area contributed by atoms with Crippen molar-refractivity contribution < 1.29 is 26.4 Å². The highest BCUT2D eigenvalue weighted by molar-refractivity contribution is 5.70. The molecule has 3 nitrogen and oxygen atoms in total. The summed E-state index contributed by atoms with van der Waals surface area (Å²) in [5.74, 6) is -0.0775. The van der Waals surface area contributed by atoms with E-state index in [-0.39, 0.29) is 18.4 Å². The fourth-order valence-electron chi connectivity index (χ4n) is 0.881. The zero-order chi connectivity index (χ0) is 6.91. The van der Waals surface area contributed by atoms with Gasteiger partial charge < -0.3 is 21.6 Å². The molecule has 0 bridgehead atoms. The van der Waals surface area contributed by atoms with Crippen molar-refractivity contribution >= 4 is 5.97 Å². The fourth-order valence-corrected chi connectivity index (χ4v) is 0.881. The van der Waals surface area contributed by atoms with Crippen LogP contribution in [0.15, 0.2) is 0 Å². The van der Waals surface area contributed by atoms with E-state index < -0.39 is 0 Å². The third-order valence-electron chi connectivity index (χ3n) is 1.52. The molecule has 0 atom stereocenters. The number of hydrogen-bond acceptors (Lipinski definition) is 2. The maximum atomic E-state index is 10.6. The van der Waals surface area contributed by atoms with Crippen LogP contribution in [0.3, 0.4) is 0 Å². The molecule has 1 aliphatic heterocycles. The summed E-state index contributed by atoms with van der Waals surface area (Å²) >= 11 is 0. The molecular formula is C6H12ClNO2. The maximum Gasteiger partial charge on any atom is 0.361 e. The average molecular weight is 166 g/mol. The second-order valence-corrected chi connectivity index (χ2v) is 3.04. The van der Waals surface area contributed by atoms with E-state index in [0.717, 1.165) is 11.0 Å². The summed E-state index contributed by atoms with van der Waals surface area (Å²) in [5.41, 5.74) is 0. The molecular weight excluding hydrogens is 154 g/mol. The minimum Gasteiger partial charge on any atom is -1.00 e. The minimum absolute atomic E-state index is 0. The monoisotopic (exact) mass is 165 g/mol. The minimum atomic E-state index is -0.0775. The van der Waals surface area contributed by atoms with Gasteiger partial charge >= 0.3 is 5.97 Å². The van der Waals surface area contributed by atoms with Crippen LogP contribution >= 0.6 is 0 Å². The van der Waals surface area contributed by atoms with Gasteiger partial charge in [-0.2, -0.15) is 0 Å². The molecule has 1 saturated heterocycles. The van der Waals surface area contributed by atoms with Crippen LogP contribution < -0.4 is 12.4 Å². The van der Waals surface area contributed by atoms with Crippen LogP contribution in [0.5, 0.6) is 0 Å². The van der Waals surface area contributed by atoms with Crippen LogP contribution in [-0.2, 0) is 9.53 Å². The van der Waals surface area contributed by atoms with Gasteiger partial charge in [-0.15, -0.1) is 0 Å². The van der Waals surface area contributed by atoms with E-state index in [0.29, 0.717) is 13.2 Å². The summed E-state index contributed by atoms with van der Waals surface area (Å²) in [5, 5.41) is 0. The zero-order valence-corrected chi connectivity index (χ0v) is 7.02. The van der Waals surface area contributed by atoms with Crippen LogP contribution in [0.25, 0.3) is 0 Å². The number of quaternary nitrogens is 1. The van der Waals surface area contributed by atoms with Gasteiger partial charge in [-0.1, -0.05) is 0 Å². The predicted molar refractivity (Wildman–Crippen MR) is 32.8 cm³/mol. The Morgan fingerprint density at radius 1 is 1.50 bits per heavy atom. The fraction of sp³-hybridized carbons (Fsp3) is 0.833. The second-order valence-electron chi connectivity index (χ2n) is 3.04. The number of cyclic esters (lactones) is 1. The van der Waals surface area contributed by atoms with Crippen molar-refractivity contribution in [3.05, 3.63) is 0 Å². The molecule has 4 heteroatoms. The molecule has 0 aromatic heterocycles. The molecule has 0 unspecified atom stereocenters. The van der Waals surface area contributed by atoms with Crippen LogP contribution in [0.2, 0.25) is 0 Å². The lowest BCUT2D eigenvalue weighted by molar-refractivity contribution is -0.887. The molecule has 1 rings (SSSR count). The number of esters is 1. The molecule has 0 aromatic carbocycles. The quantitative estimate of drug-likeness (QED) is 0.277. The third kappa shape index (κ3) is 2.54. The van der Waals surface area contributed by atoms with Crippen LogP contribution in [0.1, 0.15) is 0 Å². The number of rotatable bonds is 0. The molecule has 0 aromatic rings. The van der Waals surface area contributed by atoms with E-state index in [9.17, 15) is 4.79 Å². The number of ether oxygens (including phenoxy) is 1. The highest BCUT2D eigenvalue weighted by Crippen LogP contribution is 2.02. The predicted octanol–water partition coefficient (Wildman–Crippen LogP) is -3.38. The highest BCUT2D eigenvalue weighted by Gasteiger charge is 2.25. The number of morpholine rings is 1. The molecule has 10 heavy (non-hydrogen) atoms. The molecule has 0 saturated carbocycles. The molecule has 0 N–H and O–H groups in total. The Morgan fingerprint density at radius 2 is 2.10 bits per heavy atom. The number of carbonyl (C=O) groups is 1. The molecule has 0 radical (unpaired) electrons. The molecule has 0 aliphatic carbocycles. The molecule has 1 fully saturated rings. The summed E-state index contributed by atoms with van der Waals surface area (Å²) < 4.78 is 5.52. The topological polar surface area (TPSA) is 26.3 Å². The number of hydrogen-bond donors (Lipinski definition) is 0. The van der Waals surface area contributed by atoms with E-state index in [1.165, 1.54) is 0 Å². The Kier molecular flexibility index (Phi) is 3.12. The van der Waals surface area contributed by atoms with Crippen LogP contribution in [0, 0.1) is 0 Å². The molecule has 60 valence electrons. The maximum absolute atomic E-state index is 10.6. The van der Waals surface area contributed by atoms with Crippen molar-refractivity contribution in [2.24, 2.45) is 0 Å². The number of likely N-dealkylation sites (N-methyl/N-ethyl adjacent to an activating group) is 1. The Morgan fingerprint density at radius 3 is 2.40 bits per heavy atom. The molecule has 1 aliphatic rings. The second kappa shape index (κ2) is 3.21. The van der Waals surface area contributed by atoms with Gasteiger partial charge in [0, 0.05) is 0 Å². The summed E-state index contributed by atoms with van der Waals surface area (Å²) in [6.07, 6.45) is 0. The van der Waals surface area contributed by atoms with Gasteiger partial charge in [0.2, 0.25) is 0 Å². The van der Waals surface area contributed by atoms with Crippen molar-refractivity contribution in [1.29, 1.82) is 0 Å². The van der Waals surface area contributed by atoms with Gasteiger partial charge in [0.1, 0.15) is 13.2 Å². The lowest BCUT2D eigenvalue weighted by Gasteiger charge is -2.31. The van der Waals surface area contributed by atoms with Crippen molar-refractivity contribution in [3.63, 3.8) is 0 Å². The van der Waals surface area contributed by atoms with Crippen molar-refractivity contribution in [1.82, 2.24) is 0 Å². The first kappa shape index (κ1) is 9.72. The Labute approximate surface area is 67.0 Å². The average Bonchev–Trinajstić information content (AvgIpc) is 1.60. The third-order valence-corrected chi connectivity index (χ3v) is 1.52. The summed E-state index contributed by atoms with van der Waals surface area (Å²) in [4.78, 5) is 10.6. The van der Waals surface area contributed by atoms with E-state index >= 15 is 0 Å². The molecule has 0 spiro atoms. The van der Waals surface area contributed by atoms with Gasteiger partial charge in [-0.3, -0.25) is 0 Å². The molecule has 1 heterocycles. The largest absolute Gasteiger partial charge is 1.00 e. The lowest BCUT2D eigenvalue weighted by Crippen LogP contribution is -3.00. The lowest BCUT2D eigenvalue weighted by atomic mass is 10.4. The smallest absolute Gasteiger partial charge is 0.361 e. The van der Waals surface area contributed by atoms with Gasteiger partial charge in [-0.25, -0.2) is 4.79 Å². The SMILES string of the molecule is C[N+]1(C)CCOC(=O)C1.[Cl-]. The van der Waals surface area contributed by atoms with E-state index in [1.54, 1.807) is 0 Å². The number of halogens is 1. The highest BCUT2D eigenvalue weighted by atomic mass is 35.5. The van der Waals surface area contributed by atoms with Crippen LogP contribution in [0.4, 0.5) is 0 Å². The first-order valence-corrected chi connectivity index (χ1v) is 3.08. The standard InChI is InChI=1S/C6H12NO2.ClH/c1-7(2)3-4-9-6(8)5-7;/h3-5H2,1-2H3;1H/q+1;/p-1. The first-order valence-electron chi connectivity index (χ1n) is 3.08. The van der Waals surface area contributed by atoms with Crippen molar-refractivity contribution in [2.75, 3.05) is 33.8 Å². The van der Waals surface area contributed by atoms with Crippen molar-refractivity contribution in [2.45, 2.75) is 0 Å². The van der Waals surface area contributed by atoms with Crippen LogP contribution in [-0.4, -0.2) is 44.2 Å². The van der Waals surface area contributed by atoms with Gasteiger partial charge in [-0.05, 0) is 0 Å². The van der Waals surface area contributed by atoms with E-state index in [4.69, 9.17) is 4.74 Å². The Balaban J connectivity index is 0.000000810. The normalized spacial score (nSPS) is 22.8. The van der Waals surface area contributed by atoms with E-state index in [2.05, 4.69) is 0 Å². The van der Waals surface area contributed by atoms with Crippen molar-refractivity contribution in [3.8, 4) is 0 Å². The summed E-state index contributed by atoms with van der Waals surface area (Å²) in [6.45, 7) is 2.03. The summed E-state index contributed by atoms with van der Waals surface area (Å²) in [6, 6.07) is 0. The van der Waals surface area contributed by atoms with Gasteiger partial charge in [0.05, 0.1) is 14.1 Å². The number of nitrogens with zero attached hydrogens (tertiary/aromatic N) is 1. The van der Waals surface area contributed by atoms with E-state index in [1.807, 2.05) is 14.1 Å². The number of carbonyl (C=O) groups excluding carboxylic acids is 1.